The van der Waals surface area contributed by atoms with Gasteiger partial charge in [0.1, 0.15) is 5.75 Å². The van der Waals surface area contributed by atoms with Crippen LogP contribution in [0.2, 0.25) is 0 Å². The second-order valence-corrected chi connectivity index (χ2v) is 9.49. The number of pyridine rings is 1. The number of nitrogens with one attached hydrogen (secondary N) is 1. The van der Waals surface area contributed by atoms with Gasteiger partial charge in [-0.05, 0) is 61.9 Å². The van der Waals surface area contributed by atoms with Crippen molar-refractivity contribution in [1.29, 1.82) is 0 Å². The Hall–Kier alpha value is -3.62. The van der Waals surface area contributed by atoms with Crippen LogP contribution in [-0.2, 0) is 11.3 Å². The molecule has 0 spiro atoms. The van der Waals surface area contributed by atoms with E-state index in [1.54, 1.807) is 37.7 Å². The number of amides is 1. The normalized spacial score (nSPS) is 20.7. The minimum Gasteiger partial charge on any atom is -0.497 e. The van der Waals surface area contributed by atoms with E-state index in [1.807, 2.05) is 17.0 Å². The van der Waals surface area contributed by atoms with Crippen molar-refractivity contribution < 1.29 is 9.53 Å². The number of hydrogen-bond donors (Lipinski definition) is 1. The second kappa shape index (κ2) is 9.93. The molecule has 2 aliphatic rings. The highest BCUT2D eigenvalue weighted by molar-refractivity contribution is 5.79. The zero-order valence-corrected chi connectivity index (χ0v) is 20.0. The fourth-order valence-electron chi connectivity index (χ4n) is 5.37. The van der Waals surface area contributed by atoms with Crippen LogP contribution in [0.3, 0.4) is 0 Å². The van der Waals surface area contributed by atoms with Crippen molar-refractivity contribution in [2.45, 2.75) is 32.2 Å². The summed E-state index contributed by atoms with van der Waals surface area (Å²) in [5.74, 6) is 1.04. The molecular weight excluding hydrogens is 446 g/mol. The third-order valence-corrected chi connectivity index (χ3v) is 7.45. The summed E-state index contributed by atoms with van der Waals surface area (Å²) in [5.41, 5.74) is 0.964. The maximum atomic E-state index is 13.2. The second-order valence-electron chi connectivity index (χ2n) is 9.49. The summed E-state index contributed by atoms with van der Waals surface area (Å²) in [6, 6.07) is 9.07. The molecule has 2 aromatic heterocycles. The Kier molecular flexibility index (Phi) is 6.57. The molecule has 0 radical (unpaired) electrons. The average Bonchev–Trinajstić information content (AvgIpc) is 2.91. The molecule has 1 saturated heterocycles. The Balaban J connectivity index is 1.18. The summed E-state index contributed by atoms with van der Waals surface area (Å²) < 4.78 is 6.53. The maximum absolute atomic E-state index is 13.2. The van der Waals surface area contributed by atoms with Gasteiger partial charge < -0.3 is 19.5 Å². The Morgan fingerprint density at radius 1 is 1.03 bits per heavy atom. The highest BCUT2D eigenvalue weighted by Crippen LogP contribution is 2.31. The number of rotatable bonds is 5. The molecule has 9 nitrogen and oxygen atoms in total. The van der Waals surface area contributed by atoms with E-state index in [0.717, 1.165) is 57.5 Å². The Bertz CT molecular complexity index is 1300. The van der Waals surface area contributed by atoms with Crippen LogP contribution < -0.4 is 20.9 Å². The van der Waals surface area contributed by atoms with Crippen molar-refractivity contribution in [3.63, 3.8) is 0 Å². The van der Waals surface area contributed by atoms with Gasteiger partial charge >= 0.3 is 5.69 Å². The summed E-state index contributed by atoms with van der Waals surface area (Å²) in [6.45, 7) is 3.47. The van der Waals surface area contributed by atoms with Crippen LogP contribution in [0, 0.1) is 11.8 Å². The monoisotopic (exact) mass is 477 g/mol. The number of hydrogen-bond acceptors (Lipinski definition) is 6. The highest BCUT2D eigenvalue weighted by Gasteiger charge is 2.31. The van der Waals surface area contributed by atoms with Gasteiger partial charge in [-0.2, -0.15) is 0 Å². The largest absolute Gasteiger partial charge is 0.497 e. The molecule has 1 saturated carbocycles. The van der Waals surface area contributed by atoms with Gasteiger partial charge in [-0.1, -0.05) is 0 Å². The highest BCUT2D eigenvalue weighted by atomic mass is 16.5. The number of methoxy groups -OCH3 is 1. The first-order valence-electron chi connectivity index (χ1n) is 12.3. The molecule has 5 rings (SSSR count). The van der Waals surface area contributed by atoms with Crippen molar-refractivity contribution in [3.05, 3.63) is 63.6 Å². The molecule has 1 aliphatic carbocycles. The standard InChI is InChI=1S/C26H31N5O4/c1-35-21-6-7-23-22(16-21)25(33)31(26(34)28-23)17-18-2-4-19(5-3-18)24(32)30-14-12-29(13-15-30)20-8-10-27-11-9-20/h6-11,16,18-19H,2-5,12-15,17H2,1H3,(H,28,34). The van der Waals surface area contributed by atoms with Crippen LogP contribution in [0.15, 0.2) is 52.3 Å². The molecule has 35 heavy (non-hydrogen) atoms. The lowest BCUT2D eigenvalue weighted by atomic mass is 9.81. The fourth-order valence-corrected chi connectivity index (χ4v) is 5.37. The number of carbonyl (C=O) groups excluding carboxylic acids is 1. The molecule has 0 atom stereocenters. The number of nitrogens with zero attached hydrogens (tertiary/aromatic N) is 4. The van der Waals surface area contributed by atoms with Crippen LogP contribution in [0.1, 0.15) is 25.7 Å². The van der Waals surface area contributed by atoms with Crippen LogP contribution in [0.25, 0.3) is 10.9 Å². The number of aromatic nitrogens is 3. The van der Waals surface area contributed by atoms with Gasteiger partial charge in [0.25, 0.3) is 5.56 Å². The molecule has 9 heteroatoms. The number of fused-ring (bicyclic) bond motifs is 1. The van der Waals surface area contributed by atoms with Crippen molar-refractivity contribution in [1.82, 2.24) is 19.4 Å². The lowest BCUT2D eigenvalue weighted by molar-refractivity contribution is -0.137. The number of aromatic amines is 1. The summed E-state index contributed by atoms with van der Waals surface area (Å²) in [4.78, 5) is 49.9. The van der Waals surface area contributed by atoms with Gasteiger partial charge in [-0.15, -0.1) is 0 Å². The van der Waals surface area contributed by atoms with E-state index >= 15 is 0 Å². The van der Waals surface area contributed by atoms with Crippen LogP contribution in [-0.4, -0.2) is 58.6 Å². The van der Waals surface area contributed by atoms with Crippen molar-refractivity contribution >= 4 is 22.5 Å². The van der Waals surface area contributed by atoms with Gasteiger partial charge in [-0.3, -0.25) is 19.1 Å². The average molecular weight is 478 g/mol. The van der Waals surface area contributed by atoms with E-state index in [-0.39, 0.29) is 23.3 Å². The Morgan fingerprint density at radius 3 is 2.43 bits per heavy atom. The molecule has 3 aromatic rings. The predicted molar refractivity (Wildman–Crippen MR) is 134 cm³/mol. The Labute approximate surface area is 203 Å². The number of H-pyrrole nitrogens is 1. The van der Waals surface area contributed by atoms with Gasteiger partial charge in [0.2, 0.25) is 5.91 Å². The summed E-state index contributed by atoms with van der Waals surface area (Å²) in [6.07, 6.45) is 6.83. The van der Waals surface area contributed by atoms with E-state index in [9.17, 15) is 14.4 Å². The quantitative estimate of drug-likeness (QED) is 0.605. The van der Waals surface area contributed by atoms with E-state index in [0.29, 0.717) is 23.2 Å². The number of ether oxygens (including phenoxy) is 1. The third-order valence-electron chi connectivity index (χ3n) is 7.45. The predicted octanol–water partition coefficient (Wildman–Crippen LogP) is 2.25. The van der Waals surface area contributed by atoms with Crippen LogP contribution >= 0.6 is 0 Å². The molecule has 1 aromatic carbocycles. The topological polar surface area (TPSA) is 101 Å². The summed E-state index contributed by atoms with van der Waals surface area (Å²) >= 11 is 0. The molecule has 0 bridgehead atoms. The first kappa shape index (κ1) is 23.1. The van der Waals surface area contributed by atoms with Crippen LogP contribution in [0.5, 0.6) is 5.75 Å². The molecule has 1 amide bonds. The molecule has 184 valence electrons. The molecule has 1 aliphatic heterocycles. The zero-order chi connectivity index (χ0) is 24.4. The minimum absolute atomic E-state index is 0.0228. The van der Waals surface area contributed by atoms with Crippen molar-refractivity contribution in [2.24, 2.45) is 11.8 Å². The van der Waals surface area contributed by atoms with E-state index < -0.39 is 5.69 Å². The third kappa shape index (κ3) is 4.80. The number of benzene rings is 1. The Morgan fingerprint density at radius 2 is 1.74 bits per heavy atom. The maximum Gasteiger partial charge on any atom is 0.328 e. The number of piperazine rings is 1. The fraction of sp³-hybridized carbons (Fsp3) is 0.462. The number of anilines is 1. The molecule has 1 N–H and O–H groups in total. The lowest BCUT2D eigenvalue weighted by Crippen LogP contribution is -2.50. The van der Waals surface area contributed by atoms with Crippen molar-refractivity contribution in [3.8, 4) is 5.75 Å². The minimum atomic E-state index is -0.391. The van der Waals surface area contributed by atoms with Gasteiger partial charge in [0.05, 0.1) is 18.0 Å². The SMILES string of the molecule is COc1ccc2[nH]c(=O)n(CC3CCC(C(=O)N4CCN(c5ccncc5)CC4)CC3)c(=O)c2c1. The van der Waals surface area contributed by atoms with E-state index in [4.69, 9.17) is 4.74 Å². The molecular formula is C26H31N5O4. The smallest absolute Gasteiger partial charge is 0.328 e. The number of carbonyl (C=O) groups is 1. The zero-order valence-electron chi connectivity index (χ0n) is 20.0. The van der Waals surface area contributed by atoms with Gasteiger partial charge in [0.15, 0.2) is 0 Å². The molecule has 0 unspecified atom stereocenters. The van der Waals surface area contributed by atoms with Crippen molar-refractivity contribution in [2.75, 3.05) is 38.2 Å². The van der Waals surface area contributed by atoms with Gasteiger partial charge in [-0.25, -0.2) is 4.79 Å². The lowest BCUT2D eigenvalue weighted by Gasteiger charge is -2.38. The van der Waals surface area contributed by atoms with Crippen LogP contribution in [0.4, 0.5) is 5.69 Å². The van der Waals surface area contributed by atoms with E-state index in [1.165, 1.54) is 4.57 Å². The first-order chi connectivity index (χ1) is 17.0. The first-order valence-corrected chi connectivity index (χ1v) is 12.3. The van der Waals surface area contributed by atoms with Gasteiger partial charge in [0, 0.05) is 56.7 Å². The molecule has 2 fully saturated rings. The summed E-state index contributed by atoms with van der Waals surface area (Å²) in [5, 5.41) is 0.443. The summed E-state index contributed by atoms with van der Waals surface area (Å²) in [7, 11) is 1.55. The van der Waals surface area contributed by atoms with E-state index in [2.05, 4.69) is 14.9 Å². The molecule has 3 heterocycles.